The van der Waals surface area contributed by atoms with Crippen LogP contribution in [-0.4, -0.2) is 30.3 Å². The van der Waals surface area contributed by atoms with Crippen molar-refractivity contribution in [2.75, 3.05) is 6.61 Å². The number of hydrogen-bond acceptors (Lipinski definition) is 5. The van der Waals surface area contributed by atoms with Gasteiger partial charge in [0.1, 0.15) is 11.9 Å². The molecule has 0 aliphatic heterocycles. The summed E-state index contributed by atoms with van der Waals surface area (Å²) in [6.45, 7) is 8.40. The van der Waals surface area contributed by atoms with E-state index in [1.165, 1.54) is 0 Å². The van der Waals surface area contributed by atoms with Gasteiger partial charge in [0.05, 0.1) is 12.2 Å². The third-order valence-corrected chi connectivity index (χ3v) is 11.8. The number of ether oxygens (including phenoxy) is 1. The van der Waals surface area contributed by atoms with E-state index in [0.29, 0.717) is 32.1 Å². The largest absolute Gasteiger partial charge is 0.490 e. The van der Waals surface area contributed by atoms with Gasteiger partial charge in [-0.3, -0.25) is 9.59 Å². The highest BCUT2D eigenvalue weighted by molar-refractivity contribution is 6.00. The molecule has 208 valence electrons. The van der Waals surface area contributed by atoms with Crippen LogP contribution in [0.15, 0.2) is 11.6 Å². The van der Waals surface area contributed by atoms with Crippen molar-refractivity contribution < 1.29 is 32.3 Å². The molecule has 0 spiro atoms. The summed E-state index contributed by atoms with van der Waals surface area (Å²) >= 11 is 0. The van der Waals surface area contributed by atoms with E-state index >= 15 is 0 Å². The number of allylic oxidation sites excluding steroid dienone is 2. The van der Waals surface area contributed by atoms with Gasteiger partial charge in [0.2, 0.25) is 0 Å². The van der Waals surface area contributed by atoms with Gasteiger partial charge in [0, 0.05) is 24.2 Å². The van der Waals surface area contributed by atoms with Crippen molar-refractivity contribution in [3.63, 3.8) is 0 Å². The molecule has 4 saturated carbocycles. The van der Waals surface area contributed by atoms with Gasteiger partial charge < -0.3 is 4.74 Å². The zero-order valence-electron chi connectivity index (χ0n) is 22.7. The van der Waals surface area contributed by atoms with Crippen LogP contribution in [0.2, 0.25) is 0 Å². The van der Waals surface area contributed by atoms with Crippen molar-refractivity contribution in [2.24, 2.45) is 51.2 Å². The first-order chi connectivity index (χ1) is 17.6. The molecule has 0 amide bonds. The van der Waals surface area contributed by atoms with Crippen LogP contribution in [-0.2, 0) is 19.1 Å². The predicted octanol–water partition coefficient (Wildman–Crippen LogP) is 6.37. The molecule has 8 heteroatoms. The Hall–Kier alpha value is -2.17. The van der Waals surface area contributed by atoms with Crippen molar-refractivity contribution in [1.29, 1.82) is 5.26 Å². The molecule has 7 unspecified atom stereocenters. The molecule has 38 heavy (non-hydrogen) atoms. The Balaban J connectivity index is 1.50. The second-order valence-corrected chi connectivity index (χ2v) is 14.2. The summed E-state index contributed by atoms with van der Waals surface area (Å²) in [6.07, 6.45) is 2.77. The van der Waals surface area contributed by atoms with E-state index < -0.39 is 23.0 Å². The van der Waals surface area contributed by atoms with Gasteiger partial charge in [-0.1, -0.05) is 33.8 Å². The number of nitriles is 1. The molecule has 0 radical (unpaired) electrons. The lowest BCUT2D eigenvalue weighted by molar-refractivity contribution is -0.213. The number of alkyl halides is 3. The molecule has 4 fully saturated rings. The molecule has 5 aliphatic carbocycles. The summed E-state index contributed by atoms with van der Waals surface area (Å²) in [5.41, 5.74) is -1.08. The lowest BCUT2D eigenvalue weighted by Crippen LogP contribution is -2.63. The monoisotopic (exact) mass is 533 g/mol. The Morgan fingerprint density at radius 1 is 1.05 bits per heavy atom. The summed E-state index contributed by atoms with van der Waals surface area (Å²) < 4.78 is 43.9. The minimum atomic E-state index is -5.04. The van der Waals surface area contributed by atoms with Gasteiger partial charge >= 0.3 is 12.1 Å². The van der Waals surface area contributed by atoms with E-state index in [9.17, 15) is 32.8 Å². The fourth-order valence-corrected chi connectivity index (χ4v) is 9.70. The van der Waals surface area contributed by atoms with E-state index in [0.717, 1.165) is 25.7 Å². The SMILES string of the molecule is CC1(C)CC[C@]2(COC(=O)C(F)(F)F)CCC3C(C(=O)CC4C5(C)C=C(C#N)C(=O)CC5CCC34C)C2C1. The van der Waals surface area contributed by atoms with Crippen LogP contribution in [0.1, 0.15) is 85.5 Å². The molecule has 0 aromatic heterocycles. The van der Waals surface area contributed by atoms with E-state index in [1.807, 2.05) is 6.08 Å². The summed E-state index contributed by atoms with van der Waals surface area (Å²) in [4.78, 5) is 38.3. The lowest BCUT2D eigenvalue weighted by Gasteiger charge is -2.66. The Labute approximate surface area is 222 Å². The lowest BCUT2D eigenvalue weighted by atomic mass is 9.37. The van der Waals surface area contributed by atoms with Crippen molar-refractivity contribution in [3.05, 3.63) is 11.6 Å². The molecule has 5 nitrogen and oxygen atoms in total. The van der Waals surface area contributed by atoms with E-state index in [4.69, 9.17) is 4.74 Å². The second kappa shape index (κ2) is 8.66. The third kappa shape index (κ3) is 4.05. The molecule has 0 bridgehead atoms. The first kappa shape index (κ1) is 27.4. The molecule has 0 aromatic carbocycles. The number of carbonyl (C=O) groups is 3. The Morgan fingerprint density at radius 3 is 2.42 bits per heavy atom. The van der Waals surface area contributed by atoms with Gasteiger partial charge in [-0.05, 0) is 84.9 Å². The molecule has 0 N–H and O–H groups in total. The second-order valence-electron chi connectivity index (χ2n) is 14.2. The maximum atomic E-state index is 14.1. The molecule has 0 saturated heterocycles. The Kier molecular flexibility index (Phi) is 6.25. The van der Waals surface area contributed by atoms with Gasteiger partial charge in [-0.2, -0.15) is 18.4 Å². The topological polar surface area (TPSA) is 84.2 Å². The van der Waals surface area contributed by atoms with E-state index in [-0.39, 0.29) is 64.2 Å². The quantitative estimate of drug-likeness (QED) is 0.386. The Morgan fingerprint density at radius 2 is 1.76 bits per heavy atom. The van der Waals surface area contributed by atoms with Crippen molar-refractivity contribution >= 4 is 17.5 Å². The summed E-state index contributed by atoms with van der Waals surface area (Å²) in [7, 11) is 0. The first-order valence-electron chi connectivity index (χ1n) is 14.0. The zero-order chi connectivity index (χ0) is 27.9. The number of Topliss-reactive ketones (excluding diaryl/α,β-unsaturated/α-hetero) is 2. The molecule has 5 aliphatic rings. The molecule has 0 aromatic rings. The summed E-state index contributed by atoms with van der Waals surface area (Å²) in [6, 6.07) is 2.08. The number of nitrogens with zero attached hydrogens (tertiary/aromatic N) is 1. The van der Waals surface area contributed by atoms with Crippen LogP contribution >= 0.6 is 0 Å². The van der Waals surface area contributed by atoms with E-state index in [1.54, 1.807) is 0 Å². The number of halogens is 3. The maximum Gasteiger partial charge on any atom is 0.490 e. The maximum absolute atomic E-state index is 14.1. The van der Waals surface area contributed by atoms with Crippen molar-refractivity contribution in [1.82, 2.24) is 0 Å². The fourth-order valence-electron chi connectivity index (χ4n) is 9.70. The van der Waals surface area contributed by atoms with Crippen LogP contribution in [0.4, 0.5) is 13.2 Å². The van der Waals surface area contributed by atoms with E-state index in [2.05, 4.69) is 33.8 Å². The molecule has 5 rings (SSSR count). The number of rotatable bonds is 2. The van der Waals surface area contributed by atoms with Crippen LogP contribution in [0.3, 0.4) is 0 Å². The van der Waals surface area contributed by atoms with Gasteiger partial charge in [-0.25, -0.2) is 4.79 Å². The fraction of sp³-hybridized carbons (Fsp3) is 0.800. The average molecular weight is 534 g/mol. The van der Waals surface area contributed by atoms with Crippen molar-refractivity contribution in [3.8, 4) is 6.07 Å². The Bertz CT molecular complexity index is 1140. The highest BCUT2D eigenvalue weighted by Crippen LogP contribution is 2.70. The van der Waals surface area contributed by atoms with Gasteiger partial charge in [0.25, 0.3) is 0 Å². The van der Waals surface area contributed by atoms with Crippen LogP contribution in [0, 0.1) is 62.6 Å². The molecule has 0 heterocycles. The van der Waals surface area contributed by atoms with Gasteiger partial charge in [-0.15, -0.1) is 0 Å². The minimum Gasteiger partial charge on any atom is -0.458 e. The van der Waals surface area contributed by atoms with Crippen LogP contribution in [0.5, 0.6) is 0 Å². The summed E-state index contributed by atoms with van der Waals surface area (Å²) in [5, 5.41) is 9.60. The van der Waals surface area contributed by atoms with Crippen LogP contribution in [0.25, 0.3) is 0 Å². The number of fused-ring (bicyclic) bond motifs is 7. The highest BCUT2D eigenvalue weighted by Gasteiger charge is 2.66. The smallest absolute Gasteiger partial charge is 0.458 e. The number of esters is 1. The van der Waals surface area contributed by atoms with Gasteiger partial charge in [0.15, 0.2) is 5.78 Å². The molecular formula is C30H38F3NO4. The normalized spacial score (nSPS) is 43.9. The zero-order valence-corrected chi connectivity index (χ0v) is 22.7. The minimum absolute atomic E-state index is 0.00566. The number of ketones is 2. The average Bonchev–Trinajstić information content (AvgIpc) is 2.83. The van der Waals surface area contributed by atoms with Crippen LogP contribution < -0.4 is 0 Å². The number of hydrogen-bond donors (Lipinski definition) is 0. The third-order valence-electron chi connectivity index (χ3n) is 11.8. The summed E-state index contributed by atoms with van der Waals surface area (Å²) in [5.74, 6) is -2.35. The predicted molar refractivity (Wildman–Crippen MR) is 132 cm³/mol. The van der Waals surface area contributed by atoms with Crippen molar-refractivity contribution in [2.45, 2.75) is 91.7 Å². The molecular weight excluding hydrogens is 495 g/mol. The number of carbonyl (C=O) groups excluding carboxylic acids is 3. The standard InChI is InChI=1S/C30H38F3NO4/c1-26(2)9-10-29(16-38-25(37)30(31,32)33)8-6-19-24(20(29)14-26)22(36)12-23-27(19,3)7-5-18-11-21(35)17(15-34)13-28(18,23)4/h13,18-20,23-24H,5-12,14,16H2,1-4H3/t18?,19?,20?,23?,24?,27?,28?,29-/m0/s1. The molecule has 8 atom stereocenters. The first-order valence-corrected chi connectivity index (χ1v) is 14.0. The highest BCUT2D eigenvalue weighted by atomic mass is 19.4.